The number of aliphatic hydroxyl groups excluding tert-OH is 2. The van der Waals surface area contributed by atoms with Crippen molar-refractivity contribution >= 4 is 11.7 Å². The highest BCUT2D eigenvalue weighted by Gasteiger charge is 2.55. The quantitative estimate of drug-likeness (QED) is 0.277. The topological polar surface area (TPSA) is 140 Å². The van der Waals surface area contributed by atoms with Crippen LogP contribution in [0.25, 0.3) is 5.53 Å². The first-order valence-electron chi connectivity index (χ1n) is 8.44. The molecule has 0 aromatic carbocycles. The van der Waals surface area contributed by atoms with E-state index in [1.807, 2.05) is 0 Å². The number of aliphatic hydroxyl groups is 2. The van der Waals surface area contributed by atoms with Crippen LogP contribution in [0, 0.1) is 0 Å². The molecule has 2 rings (SSSR count). The summed E-state index contributed by atoms with van der Waals surface area (Å²) in [7, 11) is 0. The van der Waals surface area contributed by atoms with Crippen molar-refractivity contribution in [3.63, 3.8) is 0 Å². The number of hydrogen-bond acceptors (Lipinski definition) is 8. The van der Waals surface area contributed by atoms with Gasteiger partial charge in [0, 0.05) is 0 Å². The average molecular weight is 374 g/mol. The molecule has 148 valence electrons. The van der Waals surface area contributed by atoms with E-state index in [1.165, 1.54) is 0 Å². The van der Waals surface area contributed by atoms with Gasteiger partial charge in [0.2, 0.25) is 0 Å². The fourth-order valence-electron chi connectivity index (χ4n) is 3.00. The predicted molar refractivity (Wildman–Crippen MR) is 86.0 cm³/mol. The van der Waals surface area contributed by atoms with Crippen molar-refractivity contribution in [2.75, 3.05) is 13.2 Å². The summed E-state index contributed by atoms with van der Waals surface area (Å²) in [5.74, 6) is -3.01. The molecule has 2 aliphatic heterocycles. The molecule has 0 bridgehead atoms. The Bertz CT molecular complexity index is 587. The fourth-order valence-corrected chi connectivity index (χ4v) is 3.00. The second-order valence-electron chi connectivity index (χ2n) is 7.07. The van der Waals surface area contributed by atoms with E-state index in [2.05, 4.69) is 4.79 Å². The van der Waals surface area contributed by atoms with E-state index >= 15 is 0 Å². The van der Waals surface area contributed by atoms with Crippen molar-refractivity contribution in [3.8, 4) is 0 Å². The SMILES string of the molecule is CCOC(=O)C(=[N+]=[N-])[C@H](O)[C@H]1OC(C)(C)O[C@H]1[C@H](O)[C@H]1COC(C)(C)O1. The number of hydrogen-bond donors (Lipinski definition) is 2. The molecule has 10 heteroatoms. The van der Waals surface area contributed by atoms with Crippen molar-refractivity contribution in [3.05, 3.63) is 5.53 Å². The summed E-state index contributed by atoms with van der Waals surface area (Å²) >= 11 is 0. The predicted octanol–water partition coefficient (Wildman–Crippen LogP) is -0.386. The van der Waals surface area contributed by atoms with Gasteiger partial charge in [-0.05, 0) is 34.6 Å². The van der Waals surface area contributed by atoms with Gasteiger partial charge in [-0.3, -0.25) is 0 Å². The molecule has 10 nitrogen and oxygen atoms in total. The largest absolute Gasteiger partial charge is 0.457 e. The van der Waals surface area contributed by atoms with Crippen LogP contribution in [0.1, 0.15) is 34.6 Å². The van der Waals surface area contributed by atoms with Crippen LogP contribution in [0.15, 0.2) is 0 Å². The first-order chi connectivity index (χ1) is 12.0. The minimum atomic E-state index is -1.68. The highest BCUT2D eigenvalue weighted by atomic mass is 16.8. The van der Waals surface area contributed by atoms with Gasteiger partial charge in [0.1, 0.15) is 24.4 Å². The molecule has 2 saturated heterocycles. The fraction of sp³-hybridized carbons (Fsp3) is 0.875. The smallest absolute Gasteiger partial charge is 0.419 e. The standard InChI is InChI=1S/C16H26N2O8/c1-6-22-14(21)9(18-17)11(20)13-12(25-16(4,5)26-13)10(19)8-7-23-15(2,3)24-8/h8,10-13,19-20H,6-7H2,1-5H3/t8-,10-,11+,12+,13-/m1/s1. The summed E-state index contributed by atoms with van der Waals surface area (Å²) in [6.45, 7) is 8.33. The Morgan fingerprint density at radius 2 is 1.81 bits per heavy atom. The van der Waals surface area contributed by atoms with E-state index in [9.17, 15) is 15.0 Å². The summed E-state index contributed by atoms with van der Waals surface area (Å²) in [6, 6.07) is 0. The van der Waals surface area contributed by atoms with Crippen LogP contribution in [-0.4, -0.2) is 82.0 Å². The first kappa shape index (κ1) is 20.9. The van der Waals surface area contributed by atoms with Crippen molar-refractivity contribution in [2.24, 2.45) is 0 Å². The highest BCUT2D eigenvalue weighted by Crippen LogP contribution is 2.35. The number of carbonyl (C=O) groups is 1. The van der Waals surface area contributed by atoms with Crippen LogP contribution in [0.5, 0.6) is 0 Å². The molecule has 0 unspecified atom stereocenters. The normalized spacial score (nSPS) is 31.9. The third-order valence-corrected chi connectivity index (χ3v) is 4.10. The van der Waals surface area contributed by atoms with Crippen molar-refractivity contribution in [1.82, 2.24) is 0 Å². The van der Waals surface area contributed by atoms with Gasteiger partial charge in [-0.2, -0.15) is 4.79 Å². The zero-order chi connectivity index (χ0) is 19.7. The lowest BCUT2D eigenvalue weighted by Crippen LogP contribution is -2.52. The molecular formula is C16H26N2O8. The molecule has 2 heterocycles. The number of ether oxygens (including phenoxy) is 5. The van der Waals surface area contributed by atoms with E-state index in [1.54, 1.807) is 34.6 Å². The van der Waals surface area contributed by atoms with Crippen LogP contribution in [0.2, 0.25) is 0 Å². The molecule has 0 aromatic heterocycles. The maximum Gasteiger partial charge on any atom is 0.419 e. The summed E-state index contributed by atoms with van der Waals surface area (Å²) in [5, 5.41) is 21.2. The Morgan fingerprint density at radius 1 is 1.19 bits per heavy atom. The van der Waals surface area contributed by atoms with Crippen LogP contribution in [0.4, 0.5) is 0 Å². The van der Waals surface area contributed by atoms with E-state index in [0.717, 1.165) is 0 Å². The molecule has 0 saturated carbocycles. The van der Waals surface area contributed by atoms with E-state index in [-0.39, 0.29) is 13.2 Å². The van der Waals surface area contributed by atoms with Crippen molar-refractivity contribution in [2.45, 2.75) is 76.7 Å². The van der Waals surface area contributed by atoms with Gasteiger partial charge < -0.3 is 39.4 Å². The van der Waals surface area contributed by atoms with Crippen molar-refractivity contribution in [1.29, 1.82) is 0 Å². The highest BCUT2D eigenvalue weighted by molar-refractivity contribution is 6.35. The van der Waals surface area contributed by atoms with E-state index < -0.39 is 53.8 Å². The molecular weight excluding hydrogens is 348 g/mol. The van der Waals surface area contributed by atoms with E-state index in [4.69, 9.17) is 29.2 Å². The minimum Gasteiger partial charge on any atom is -0.457 e. The molecule has 26 heavy (non-hydrogen) atoms. The zero-order valence-electron chi connectivity index (χ0n) is 15.5. The van der Waals surface area contributed by atoms with Gasteiger partial charge in [-0.15, -0.1) is 0 Å². The van der Waals surface area contributed by atoms with Gasteiger partial charge in [-0.25, -0.2) is 4.79 Å². The number of esters is 1. The van der Waals surface area contributed by atoms with Gasteiger partial charge in [0.05, 0.1) is 13.2 Å². The molecule has 2 N–H and O–H groups in total. The van der Waals surface area contributed by atoms with E-state index in [0.29, 0.717) is 0 Å². The third kappa shape index (κ3) is 4.47. The lowest BCUT2D eigenvalue weighted by Gasteiger charge is -2.27. The van der Waals surface area contributed by atoms with Crippen LogP contribution >= 0.6 is 0 Å². The first-order valence-corrected chi connectivity index (χ1v) is 8.44. The Morgan fingerprint density at radius 3 is 2.31 bits per heavy atom. The molecule has 0 spiro atoms. The second kappa shape index (κ2) is 7.69. The van der Waals surface area contributed by atoms with Crippen LogP contribution in [-0.2, 0) is 28.5 Å². The summed E-state index contributed by atoms with van der Waals surface area (Å²) in [5.41, 5.74) is 8.47. The maximum absolute atomic E-state index is 11.9. The van der Waals surface area contributed by atoms with Gasteiger partial charge >= 0.3 is 11.7 Å². The molecule has 2 aliphatic rings. The molecule has 0 amide bonds. The average Bonchev–Trinajstić information content (AvgIpc) is 3.06. The maximum atomic E-state index is 11.9. The Hall–Kier alpha value is -1.39. The molecule has 2 fully saturated rings. The van der Waals surface area contributed by atoms with Crippen LogP contribution < -0.4 is 0 Å². The monoisotopic (exact) mass is 374 g/mol. The second-order valence-corrected chi connectivity index (χ2v) is 7.07. The zero-order valence-corrected chi connectivity index (χ0v) is 15.5. The molecule has 0 aromatic rings. The summed E-state index contributed by atoms with van der Waals surface area (Å²) < 4.78 is 27.2. The molecule has 0 aliphatic carbocycles. The van der Waals surface area contributed by atoms with Crippen molar-refractivity contribution < 1.29 is 43.5 Å². The van der Waals surface area contributed by atoms with Crippen LogP contribution in [0.3, 0.4) is 0 Å². The summed E-state index contributed by atoms with van der Waals surface area (Å²) in [4.78, 5) is 14.7. The lowest BCUT2D eigenvalue weighted by atomic mass is 9.97. The van der Waals surface area contributed by atoms with Gasteiger partial charge in [-0.1, -0.05) is 0 Å². The third-order valence-electron chi connectivity index (χ3n) is 4.10. The Labute approximate surface area is 151 Å². The minimum absolute atomic E-state index is 0.0342. The number of rotatable bonds is 6. The molecule has 5 atom stereocenters. The summed E-state index contributed by atoms with van der Waals surface area (Å²) in [6.07, 6.45) is -5.88. The Balaban J connectivity index is 2.21. The number of carbonyl (C=O) groups excluding carboxylic acids is 1. The Kier molecular flexibility index (Phi) is 6.19. The van der Waals surface area contributed by atoms with Gasteiger partial charge in [0.15, 0.2) is 17.7 Å². The lowest BCUT2D eigenvalue weighted by molar-refractivity contribution is -0.179. The number of nitrogens with zero attached hydrogens (tertiary/aromatic N) is 2. The van der Waals surface area contributed by atoms with Gasteiger partial charge in [0.25, 0.3) is 0 Å². The molecule has 0 radical (unpaired) electrons.